The number of nitrogens with one attached hydrogen (secondary N) is 1. The summed E-state index contributed by atoms with van der Waals surface area (Å²) in [6.07, 6.45) is 2.62. The molecule has 0 heterocycles. The van der Waals surface area contributed by atoms with Crippen LogP contribution in [0.5, 0.6) is 0 Å². The van der Waals surface area contributed by atoms with Crippen LogP contribution < -0.4 is 11.1 Å². The first-order chi connectivity index (χ1) is 8.59. The maximum Gasteiger partial charge on any atom is 0.227 e. The van der Waals surface area contributed by atoms with Gasteiger partial charge >= 0.3 is 0 Å². The van der Waals surface area contributed by atoms with E-state index in [4.69, 9.17) is 5.73 Å². The van der Waals surface area contributed by atoms with Gasteiger partial charge in [0.05, 0.1) is 5.92 Å². The standard InChI is InChI=1S/C15H22N2O.ClH/c1-3-15(16,4-2)10-17-14(18)13-9-11-7-5-6-8-12(11)13;/h5-8,13H,3-4,9-10,16H2,1-2H3,(H,17,18);1H. The van der Waals surface area contributed by atoms with E-state index in [9.17, 15) is 4.79 Å². The minimum absolute atomic E-state index is 0. The Labute approximate surface area is 121 Å². The summed E-state index contributed by atoms with van der Waals surface area (Å²) in [6, 6.07) is 8.14. The molecule has 0 spiro atoms. The van der Waals surface area contributed by atoms with E-state index in [0.29, 0.717) is 6.54 Å². The van der Waals surface area contributed by atoms with Crippen LogP contribution in [-0.2, 0) is 11.2 Å². The Bertz CT molecular complexity index is 444. The van der Waals surface area contributed by atoms with Crippen LogP contribution in [0.4, 0.5) is 0 Å². The van der Waals surface area contributed by atoms with Crippen molar-refractivity contribution in [3.05, 3.63) is 35.4 Å². The highest BCUT2D eigenvalue weighted by molar-refractivity contribution is 5.86. The lowest BCUT2D eigenvalue weighted by molar-refractivity contribution is -0.123. The fourth-order valence-corrected chi connectivity index (χ4v) is 2.38. The average Bonchev–Trinajstić information content (AvgIpc) is 2.37. The van der Waals surface area contributed by atoms with Gasteiger partial charge in [-0.25, -0.2) is 0 Å². The van der Waals surface area contributed by atoms with Crippen LogP contribution >= 0.6 is 12.4 Å². The molecule has 1 aliphatic carbocycles. The van der Waals surface area contributed by atoms with Crippen LogP contribution in [0, 0.1) is 0 Å². The fourth-order valence-electron chi connectivity index (χ4n) is 2.38. The molecular formula is C15H23ClN2O. The van der Waals surface area contributed by atoms with E-state index in [1.54, 1.807) is 0 Å². The number of rotatable bonds is 5. The molecule has 0 aromatic heterocycles. The van der Waals surface area contributed by atoms with E-state index < -0.39 is 0 Å². The van der Waals surface area contributed by atoms with Gasteiger partial charge in [0.25, 0.3) is 0 Å². The molecule has 1 amide bonds. The third-order valence-corrected chi connectivity index (χ3v) is 4.19. The molecule has 0 saturated carbocycles. The van der Waals surface area contributed by atoms with Crippen molar-refractivity contribution in [2.24, 2.45) is 5.73 Å². The number of hydrogen-bond acceptors (Lipinski definition) is 2. The molecule has 2 rings (SSSR count). The number of carbonyl (C=O) groups is 1. The first kappa shape index (κ1) is 16.0. The first-order valence-electron chi connectivity index (χ1n) is 6.74. The van der Waals surface area contributed by atoms with Crippen LogP contribution in [0.3, 0.4) is 0 Å². The zero-order chi connectivity index (χ0) is 13.2. The Morgan fingerprint density at radius 3 is 2.58 bits per heavy atom. The van der Waals surface area contributed by atoms with Gasteiger partial charge in [0.1, 0.15) is 0 Å². The molecule has 0 saturated heterocycles. The normalized spacial score (nSPS) is 16.9. The van der Waals surface area contributed by atoms with Crippen molar-refractivity contribution in [2.75, 3.05) is 6.54 Å². The maximum atomic E-state index is 12.1. The Morgan fingerprint density at radius 2 is 2.00 bits per heavy atom. The number of nitrogens with two attached hydrogens (primary N) is 1. The largest absolute Gasteiger partial charge is 0.354 e. The van der Waals surface area contributed by atoms with E-state index in [0.717, 1.165) is 19.3 Å². The summed E-state index contributed by atoms with van der Waals surface area (Å²) in [6.45, 7) is 4.69. The zero-order valence-corrected chi connectivity index (χ0v) is 12.4. The number of halogens is 1. The molecule has 106 valence electrons. The summed E-state index contributed by atoms with van der Waals surface area (Å²) >= 11 is 0. The summed E-state index contributed by atoms with van der Waals surface area (Å²) in [4.78, 5) is 12.1. The topological polar surface area (TPSA) is 55.1 Å². The van der Waals surface area contributed by atoms with Gasteiger partial charge in [0, 0.05) is 12.1 Å². The van der Waals surface area contributed by atoms with Crippen molar-refractivity contribution in [3.63, 3.8) is 0 Å². The Hall–Kier alpha value is -1.06. The van der Waals surface area contributed by atoms with Crippen LogP contribution in [0.1, 0.15) is 43.7 Å². The van der Waals surface area contributed by atoms with Crippen LogP contribution in [0.25, 0.3) is 0 Å². The lowest BCUT2D eigenvalue weighted by Crippen LogP contribution is -2.50. The van der Waals surface area contributed by atoms with E-state index in [-0.39, 0.29) is 29.8 Å². The van der Waals surface area contributed by atoms with Crippen molar-refractivity contribution < 1.29 is 4.79 Å². The summed E-state index contributed by atoms with van der Waals surface area (Å²) in [5.41, 5.74) is 8.39. The molecule has 19 heavy (non-hydrogen) atoms. The van der Waals surface area contributed by atoms with Crippen molar-refractivity contribution in [3.8, 4) is 0 Å². The lowest BCUT2D eigenvalue weighted by Gasteiger charge is -2.32. The highest BCUT2D eigenvalue weighted by atomic mass is 35.5. The Morgan fingerprint density at radius 1 is 1.37 bits per heavy atom. The highest BCUT2D eigenvalue weighted by Crippen LogP contribution is 2.34. The van der Waals surface area contributed by atoms with E-state index in [1.165, 1.54) is 11.1 Å². The zero-order valence-electron chi connectivity index (χ0n) is 11.6. The van der Waals surface area contributed by atoms with Gasteiger partial charge in [-0.2, -0.15) is 0 Å². The third-order valence-electron chi connectivity index (χ3n) is 4.19. The molecule has 3 nitrogen and oxygen atoms in total. The Balaban J connectivity index is 0.00000180. The Kier molecular flexibility index (Phi) is 5.39. The molecular weight excluding hydrogens is 260 g/mol. The predicted octanol–water partition coefficient (Wildman–Crippen LogP) is 2.38. The monoisotopic (exact) mass is 282 g/mol. The van der Waals surface area contributed by atoms with Gasteiger partial charge in [-0.05, 0) is 30.4 Å². The SMILES string of the molecule is CCC(N)(CC)CNC(=O)C1Cc2ccccc21.Cl. The lowest BCUT2D eigenvalue weighted by atomic mass is 9.77. The second kappa shape index (κ2) is 6.40. The van der Waals surface area contributed by atoms with Crippen molar-refractivity contribution in [1.29, 1.82) is 0 Å². The van der Waals surface area contributed by atoms with Crippen molar-refractivity contribution >= 4 is 18.3 Å². The molecule has 0 aliphatic heterocycles. The molecule has 0 radical (unpaired) electrons. The minimum Gasteiger partial charge on any atom is -0.354 e. The maximum absolute atomic E-state index is 12.1. The van der Waals surface area contributed by atoms with Gasteiger partial charge in [-0.1, -0.05) is 38.1 Å². The molecule has 1 aliphatic rings. The molecule has 1 aromatic carbocycles. The number of amides is 1. The van der Waals surface area contributed by atoms with Crippen LogP contribution in [-0.4, -0.2) is 18.0 Å². The molecule has 4 heteroatoms. The minimum atomic E-state index is -0.265. The predicted molar refractivity (Wildman–Crippen MR) is 80.6 cm³/mol. The van der Waals surface area contributed by atoms with E-state index in [1.807, 2.05) is 18.2 Å². The van der Waals surface area contributed by atoms with Crippen LogP contribution in [0.2, 0.25) is 0 Å². The molecule has 1 unspecified atom stereocenters. The number of hydrogen-bond donors (Lipinski definition) is 2. The second-order valence-electron chi connectivity index (χ2n) is 5.24. The highest BCUT2D eigenvalue weighted by Gasteiger charge is 2.32. The van der Waals surface area contributed by atoms with Crippen LogP contribution in [0.15, 0.2) is 24.3 Å². The molecule has 3 N–H and O–H groups in total. The van der Waals surface area contributed by atoms with Gasteiger partial charge in [0.2, 0.25) is 5.91 Å². The van der Waals surface area contributed by atoms with Gasteiger partial charge in [0.15, 0.2) is 0 Å². The second-order valence-corrected chi connectivity index (χ2v) is 5.24. The van der Waals surface area contributed by atoms with Gasteiger partial charge in [-0.15, -0.1) is 12.4 Å². The summed E-state index contributed by atoms with van der Waals surface area (Å²) in [7, 11) is 0. The first-order valence-corrected chi connectivity index (χ1v) is 6.74. The summed E-state index contributed by atoms with van der Waals surface area (Å²) < 4.78 is 0. The summed E-state index contributed by atoms with van der Waals surface area (Å²) in [5.74, 6) is 0.143. The van der Waals surface area contributed by atoms with E-state index >= 15 is 0 Å². The van der Waals surface area contributed by atoms with Crippen molar-refractivity contribution in [2.45, 2.75) is 44.6 Å². The number of carbonyl (C=O) groups excluding carboxylic acids is 1. The van der Waals surface area contributed by atoms with Gasteiger partial charge in [-0.3, -0.25) is 4.79 Å². The molecule has 0 bridgehead atoms. The van der Waals surface area contributed by atoms with Gasteiger partial charge < -0.3 is 11.1 Å². The number of benzene rings is 1. The molecule has 1 atom stereocenters. The number of fused-ring (bicyclic) bond motifs is 1. The fraction of sp³-hybridized carbons (Fsp3) is 0.533. The smallest absolute Gasteiger partial charge is 0.227 e. The van der Waals surface area contributed by atoms with E-state index in [2.05, 4.69) is 25.2 Å². The quantitative estimate of drug-likeness (QED) is 0.871. The summed E-state index contributed by atoms with van der Waals surface area (Å²) in [5, 5.41) is 3.00. The molecule has 1 aromatic rings. The third kappa shape index (κ3) is 3.28. The average molecular weight is 283 g/mol. The van der Waals surface area contributed by atoms with Crippen molar-refractivity contribution in [1.82, 2.24) is 5.32 Å². The molecule has 0 fully saturated rings.